The summed E-state index contributed by atoms with van der Waals surface area (Å²) in [5.74, 6) is 0.320. The fourth-order valence-electron chi connectivity index (χ4n) is 2.25. The van der Waals surface area contributed by atoms with E-state index >= 15 is 0 Å². The molecule has 2 heterocycles. The normalized spacial score (nSPS) is 11.3. The number of hydrogen-bond acceptors (Lipinski definition) is 8. The zero-order valence-corrected chi connectivity index (χ0v) is 17.5. The van der Waals surface area contributed by atoms with Crippen LogP contribution in [-0.2, 0) is 26.0 Å². The van der Waals surface area contributed by atoms with E-state index in [9.17, 15) is 13.2 Å². The second kappa shape index (κ2) is 9.31. The second-order valence-electron chi connectivity index (χ2n) is 5.87. The maximum Gasteiger partial charge on any atom is 0.307 e. The van der Waals surface area contributed by atoms with Gasteiger partial charge in [0.1, 0.15) is 11.6 Å². The molecular formula is C19H18N2O4S3. The Morgan fingerprint density at radius 1 is 1.18 bits per heavy atom. The van der Waals surface area contributed by atoms with E-state index in [1.165, 1.54) is 29.4 Å². The summed E-state index contributed by atoms with van der Waals surface area (Å²) in [4.78, 5) is 20.8. The summed E-state index contributed by atoms with van der Waals surface area (Å²) < 4.78 is 28.3. The standard InChI is InChI=1S/C19H18N2O4S3/c1-28(23,24)16-7-5-14(6-8-16)19-21-15(13-27-19)12-25-18(22)9-11-26-17-4-2-3-10-20-17/h2-8,10,13H,9,11-12H2,1H3. The van der Waals surface area contributed by atoms with E-state index < -0.39 is 9.84 Å². The lowest BCUT2D eigenvalue weighted by Crippen LogP contribution is -2.05. The van der Waals surface area contributed by atoms with Crippen molar-refractivity contribution in [2.75, 3.05) is 12.0 Å². The molecule has 2 aromatic heterocycles. The van der Waals surface area contributed by atoms with Crippen LogP contribution in [0.3, 0.4) is 0 Å². The molecule has 0 saturated carbocycles. The minimum Gasteiger partial charge on any atom is -0.459 e. The largest absolute Gasteiger partial charge is 0.459 e. The zero-order chi connectivity index (χ0) is 20.0. The second-order valence-corrected chi connectivity index (χ2v) is 9.86. The Bertz CT molecular complexity index is 1030. The van der Waals surface area contributed by atoms with Crippen molar-refractivity contribution in [2.45, 2.75) is 22.9 Å². The van der Waals surface area contributed by atoms with E-state index in [-0.39, 0.29) is 17.5 Å². The molecule has 3 rings (SSSR count). The summed E-state index contributed by atoms with van der Waals surface area (Å²) in [5, 5.41) is 3.45. The monoisotopic (exact) mass is 434 g/mol. The Hall–Kier alpha value is -2.23. The van der Waals surface area contributed by atoms with E-state index in [0.29, 0.717) is 17.9 Å². The molecule has 0 fully saturated rings. The lowest BCUT2D eigenvalue weighted by Gasteiger charge is -2.03. The first kappa shape index (κ1) is 20.5. The maximum absolute atomic E-state index is 11.9. The van der Waals surface area contributed by atoms with Crippen LogP contribution in [0.2, 0.25) is 0 Å². The van der Waals surface area contributed by atoms with Gasteiger partial charge in [0.2, 0.25) is 0 Å². The van der Waals surface area contributed by atoms with E-state index in [4.69, 9.17) is 4.74 Å². The predicted molar refractivity (Wildman–Crippen MR) is 110 cm³/mol. The molecule has 0 radical (unpaired) electrons. The van der Waals surface area contributed by atoms with Crippen LogP contribution in [-0.4, -0.2) is 36.4 Å². The van der Waals surface area contributed by atoms with Gasteiger partial charge in [0.05, 0.1) is 22.0 Å². The third-order valence-electron chi connectivity index (χ3n) is 3.66. The van der Waals surface area contributed by atoms with Gasteiger partial charge in [-0.25, -0.2) is 18.4 Å². The Kier molecular flexibility index (Phi) is 6.82. The van der Waals surface area contributed by atoms with Crippen LogP contribution in [0, 0.1) is 0 Å². The quantitative estimate of drug-likeness (QED) is 0.393. The molecule has 0 amide bonds. The van der Waals surface area contributed by atoms with Crippen LogP contribution in [0.25, 0.3) is 10.6 Å². The first-order valence-corrected chi connectivity index (χ1v) is 12.1. The Morgan fingerprint density at radius 3 is 2.64 bits per heavy atom. The van der Waals surface area contributed by atoms with Crippen LogP contribution in [0.5, 0.6) is 0 Å². The summed E-state index contributed by atoms with van der Waals surface area (Å²) in [5.41, 5.74) is 1.49. The van der Waals surface area contributed by atoms with Gasteiger partial charge in [0.15, 0.2) is 9.84 Å². The number of sulfone groups is 1. The third-order valence-corrected chi connectivity index (χ3v) is 6.67. The van der Waals surface area contributed by atoms with Crippen LogP contribution in [0.4, 0.5) is 0 Å². The number of thiazole rings is 1. The van der Waals surface area contributed by atoms with Gasteiger partial charge >= 0.3 is 5.97 Å². The van der Waals surface area contributed by atoms with E-state index in [2.05, 4.69) is 9.97 Å². The molecule has 0 spiro atoms. The van der Waals surface area contributed by atoms with Crippen molar-refractivity contribution in [3.63, 3.8) is 0 Å². The average Bonchev–Trinajstić information content (AvgIpc) is 3.16. The number of carbonyl (C=O) groups is 1. The third kappa shape index (κ3) is 5.88. The number of pyridine rings is 1. The number of hydrogen-bond donors (Lipinski definition) is 0. The molecular weight excluding hydrogens is 416 g/mol. The molecule has 0 saturated heterocycles. The smallest absolute Gasteiger partial charge is 0.307 e. The zero-order valence-electron chi connectivity index (χ0n) is 15.1. The Labute approximate surface area is 171 Å². The van der Waals surface area contributed by atoms with Crippen LogP contribution >= 0.6 is 23.1 Å². The van der Waals surface area contributed by atoms with Crippen LogP contribution in [0.15, 0.2) is 64.0 Å². The maximum atomic E-state index is 11.9. The molecule has 6 nitrogen and oxygen atoms in total. The van der Waals surface area contributed by atoms with Gasteiger partial charge in [-0.05, 0) is 24.3 Å². The highest BCUT2D eigenvalue weighted by atomic mass is 32.2. The Morgan fingerprint density at radius 2 is 1.96 bits per heavy atom. The number of rotatable bonds is 8. The highest BCUT2D eigenvalue weighted by Crippen LogP contribution is 2.25. The van der Waals surface area contributed by atoms with Gasteiger partial charge in [0, 0.05) is 29.1 Å². The van der Waals surface area contributed by atoms with Gasteiger partial charge in [-0.1, -0.05) is 18.2 Å². The number of aromatic nitrogens is 2. The van der Waals surface area contributed by atoms with Gasteiger partial charge in [-0.2, -0.15) is 0 Å². The van der Waals surface area contributed by atoms with Crippen LogP contribution < -0.4 is 0 Å². The summed E-state index contributed by atoms with van der Waals surface area (Å²) in [6.45, 7) is 0.116. The van der Waals surface area contributed by atoms with E-state index in [1.54, 1.807) is 30.5 Å². The average molecular weight is 435 g/mol. The molecule has 9 heteroatoms. The molecule has 0 aliphatic heterocycles. The van der Waals surface area contributed by atoms with Crippen molar-refractivity contribution in [2.24, 2.45) is 0 Å². The number of ether oxygens (including phenoxy) is 1. The number of nitrogens with zero attached hydrogens (tertiary/aromatic N) is 2. The van der Waals surface area contributed by atoms with Gasteiger partial charge in [-0.3, -0.25) is 4.79 Å². The predicted octanol–water partition coefficient (Wildman–Crippen LogP) is 3.83. The lowest BCUT2D eigenvalue weighted by atomic mass is 10.2. The minimum atomic E-state index is -3.22. The van der Waals surface area contributed by atoms with E-state index in [1.807, 2.05) is 23.6 Å². The van der Waals surface area contributed by atoms with Crippen molar-refractivity contribution in [1.29, 1.82) is 0 Å². The molecule has 0 aliphatic rings. The minimum absolute atomic E-state index is 0.116. The molecule has 0 bridgehead atoms. The van der Waals surface area contributed by atoms with Gasteiger partial charge < -0.3 is 4.74 Å². The van der Waals surface area contributed by atoms with Crippen molar-refractivity contribution in [3.8, 4) is 10.6 Å². The number of esters is 1. The summed E-state index contributed by atoms with van der Waals surface area (Å²) >= 11 is 2.92. The highest BCUT2D eigenvalue weighted by molar-refractivity contribution is 7.99. The van der Waals surface area contributed by atoms with Crippen molar-refractivity contribution < 1.29 is 17.9 Å². The van der Waals surface area contributed by atoms with Gasteiger partial charge in [0.25, 0.3) is 0 Å². The van der Waals surface area contributed by atoms with Gasteiger partial charge in [-0.15, -0.1) is 23.1 Å². The van der Waals surface area contributed by atoms with Crippen molar-refractivity contribution in [1.82, 2.24) is 9.97 Å². The van der Waals surface area contributed by atoms with Crippen LogP contribution in [0.1, 0.15) is 12.1 Å². The fourth-order valence-corrected chi connectivity index (χ4v) is 4.48. The Balaban J connectivity index is 1.48. The lowest BCUT2D eigenvalue weighted by molar-refractivity contribution is -0.144. The molecule has 146 valence electrons. The molecule has 0 N–H and O–H groups in total. The topological polar surface area (TPSA) is 86.2 Å². The number of carbonyl (C=O) groups excluding carboxylic acids is 1. The molecule has 28 heavy (non-hydrogen) atoms. The molecule has 3 aromatic rings. The first-order valence-electron chi connectivity index (χ1n) is 8.36. The summed E-state index contributed by atoms with van der Waals surface area (Å²) in [6.07, 6.45) is 3.19. The van der Waals surface area contributed by atoms with Crippen molar-refractivity contribution in [3.05, 3.63) is 59.7 Å². The molecule has 0 atom stereocenters. The first-order chi connectivity index (χ1) is 13.4. The van der Waals surface area contributed by atoms with Crippen molar-refractivity contribution >= 4 is 38.9 Å². The van der Waals surface area contributed by atoms with E-state index in [0.717, 1.165) is 15.6 Å². The number of benzene rings is 1. The molecule has 1 aromatic carbocycles. The number of thioether (sulfide) groups is 1. The summed E-state index contributed by atoms with van der Waals surface area (Å²) in [6, 6.07) is 12.2. The highest BCUT2D eigenvalue weighted by Gasteiger charge is 2.10. The fraction of sp³-hybridized carbons (Fsp3) is 0.211. The molecule has 0 unspecified atom stereocenters. The summed E-state index contributed by atoms with van der Waals surface area (Å²) in [7, 11) is -3.22. The molecule has 0 aliphatic carbocycles. The SMILES string of the molecule is CS(=O)(=O)c1ccc(-c2nc(COC(=O)CCSc3ccccn3)cs2)cc1.